The number of nitrogens with two attached hydrogens (primary N) is 1. The minimum atomic E-state index is -0.120. The molecule has 0 spiro atoms. The molecule has 0 saturated heterocycles. The first-order chi connectivity index (χ1) is 9.52. The molecule has 0 fully saturated rings. The lowest BCUT2D eigenvalue weighted by molar-refractivity contribution is 0.0745. The number of hydrogen-bond acceptors (Lipinski definition) is 3. The number of benzene rings is 1. The van der Waals surface area contributed by atoms with Crippen molar-refractivity contribution in [2.75, 3.05) is 13.6 Å². The Morgan fingerprint density at radius 3 is 2.80 bits per heavy atom. The van der Waals surface area contributed by atoms with E-state index in [9.17, 15) is 4.79 Å². The molecule has 1 rings (SSSR count). The lowest BCUT2D eigenvalue weighted by atomic mass is 10.0. The van der Waals surface area contributed by atoms with E-state index in [2.05, 4.69) is 17.9 Å². The van der Waals surface area contributed by atoms with Crippen molar-refractivity contribution in [2.45, 2.75) is 26.3 Å². The van der Waals surface area contributed by atoms with E-state index >= 15 is 0 Å². The molecule has 0 aromatic heterocycles. The molecule has 0 radical (unpaired) electrons. The molecule has 0 bridgehead atoms. The quantitative estimate of drug-likeness (QED) is 0.849. The van der Waals surface area contributed by atoms with Crippen molar-refractivity contribution in [3.63, 3.8) is 0 Å². The Labute approximate surface area is 120 Å². The number of carbonyl (C=O) groups is 1. The van der Waals surface area contributed by atoms with E-state index in [4.69, 9.17) is 11.0 Å². The molecule has 1 atom stereocenters. The van der Waals surface area contributed by atoms with E-state index in [0.717, 1.165) is 11.1 Å². The third-order valence-electron chi connectivity index (χ3n) is 3.26. The van der Waals surface area contributed by atoms with Crippen LogP contribution in [0.15, 0.2) is 18.2 Å². The van der Waals surface area contributed by atoms with Gasteiger partial charge >= 0.3 is 0 Å². The monoisotopic (exact) mass is 269 g/mol. The summed E-state index contributed by atoms with van der Waals surface area (Å²) in [7, 11) is 1.71. The predicted octanol–water partition coefficient (Wildman–Crippen LogP) is 1.68. The molecule has 0 aliphatic heterocycles. The Balaban J connectivity index is 3.08. The smallest absolute Gasteiger partial charge is 0.254 e. The molecular weight excluding hydrogens is 250 g/mol. The Morgan fingerprint density at radius 2 is 2.20 bits per heavy atom. The minimum Gasteiger partial charge on any atom is -0.338 e. The first kappa shape index (κ1) is 15.8. The van der Waals surface area contributed by atoms with E-state index in [-0.39, 0.29) is 18.5 Å². The van der Waals surface area contributed by atoms with Crippen LogP contribution in [-0.4, -0.2) is 30.4 Å². The van der Waals surface area contributed by atoms with Crippen molar-refractivity contribution in [1.29, 1.82) is 5.26 Å². The van der Waals surface area contributed by atoms with Crippen LogP contribution in [0.1, 0.15) is 34.8 Å². The molecule has 0 heterocycles. The highest BCUT2D eigenvalue weighted by molar-refractivity contribution is 5.96. The van der Waals surface area contributed by atoms with E-state index in [1.165, 1.54) is 0 Å². The fourth-order valence-electron chi connectivity index (χ4n) is 1.81. The summed E-state index contributed by atoms with van der Waals surface area (Å²) in [4.78, 5) is 14.0. The van der Waals surface area contributed by atoms with Crippen LogP contribution in [0.3, 0.4) is 0 Å². The van der Waals surface area contributed by atoms with Gasteiger partial charge in [-0.15, -0.1) is 0 Å². The van der Waals surface area contributed by atoms with Gasteiger partial charge < -0.3 is 10.6 Å². The van der Waals surface area contributed by atoms with Gasteiger partial charge in [0.15, 0.2) is 0 Å². The van der Waals surface area contributed by atoms with Gasteiger partial charge in [-0.25, -0.2) is 0 Å². The number of hydrogen-bond donors (Lipinski definition) is 1. The summed E-state index contributed by atoms with van der Waals surface area (Å²) in [5.74, 6) is 5.66. The molecule has 104 valence electrons. The fourth-order valence-corrected chi connectivity index (χ4v) is 1.81. The maximum atomic E-state index is 12.5. The first-order valence-electron chi connectivity index (χ1n) is 6.45. The molecule has 1 aromatic rings. The summed E-state index contributed by atoms with van der Waals surface area (Å²) in [6.07, 6.45) is 0.313. The standard InChI is InChI=1S/C16H19N3O/c1-12(9-11-18)19(3)16(20)15-8-4-6-14(13(15)2)7-5-10-17/h4,6,8,12H,9-10,17H2,1-3H3. The molecule has 4 nitrogen and oxygen atoms in total. The van der Waals surface area contributed by atoms with Gasteiger partial charge in [0.1, 0.15) is 0 Å². The lowest BCUT2D eigenvalue weighted by Crippen LogP contribution is -2.35. The van der Waals surface area contributed by atoms with Crippen LogP contribution < -0.4 is 5.73 Å². The van der Waals surface area contributed by atoms with Gasteiger partial charge in [0, 0.05) is 24.2 Å². The number of carbonyl (C=O) groups excluding carboxylic acids is 1. The Hall–Kier alpha value is -2.30. The second-order valence-corrected chi connectivity index (χ2v) is 4.61. The zero-order chi connectivity index (χ0) is 15.1. The molecule has 0 aliphatic carbocycles. The SMILES string of the molecule is Cc1c(C#CCN)cccc1C(=O)N(C)C(C)CC#N. The predicted molar refractivity (Wildman–Crippen MR) is 78.9 cm³/mol. The number of nitriles is 1. The van der Waals surface area contributed by atoms with Gasteiger partial charge in [-0.3, -0.25) is 4.79 Å². The zero-order valence-corrected chi connectivity index (χ0v) is 12.1. The van der Waals surface area contributed by atoms with Crippen LogP contribution in [-0.2, 0) is 0 Å². The highest BCUT2D eigenvalue weighted by atomic mass is 16.2. The van der Waals surface area contributed by atoms with Crippen LogP contribution in [0, 0.1) is 30.1 Å². The Kier molecular flexibility index (Phi) is 5.77. The molecular formula is C16H19N3O. The maximum Gasteiger partial charge on any atom is 0.254 e. The minimum absolute atomic E-state index is 0.0957. The van der Waals surface area contributed by atoms with Crippen molar-refractivity contribution in [3.8, 4) is 17.9 Å². The van der Waals surface area contributed by atoms with E-state index in [1.807, 2.05) is 26.0 Å². The highest BCUT2D eigenvalue weighted by Crippen LogP contribution is 2.16. The fraction of sp³-hybridized carbons (Fsp3) is 0.375. The van der Waals surface area contributed by atoms with E-state index in [1.54, 1.807) is 18.0 Å². The maximum absolute atomic E-state index is 12.5. The summed E-state index contributed by atoms with van der Waals surface area (Å²) in [5, 5.41) is 8.72. The largest absolute Gasteiger partial charge is 0.338 e. The van der Waals surface area contributed by atoms with Gasteiger partial charge in [0.25, 0.3) is 5.91 Å². The second kappa shape index (κ2) is 7.33. The molecule has 1 unspecified atom stereocenters. The average molecular weight is 269 g/mol. The Morgan fingerprint density at radius 1 is 1.50 bits per heavy atom. The van der Waals surface area contributed by atoms with Crippen molar-refractivity contribution in [1.82, 2.24) is 4.90 Å². The number of amides is 1. The normalized spacial score (nSPS) is 10.9. The average Bonchev–Trinajstić information content (AvgIpc) is 2.45. The second-order valence-electron chi connectivity index (χ2n) is 4.61. The first-order valence-corrected chi connectivity index (χ1v) is 6.45. The van der Waals surface area contributed by atoms with Gasteiger partial charge in [0.05, 0.1) is 19.0 Å². The number of nitrogens with zero attached hydrogens (tertiary/aromatic N) is 2. The molecule has 0 saturated carbocycles. The molecule has 2 N–H and O–H groups in total. The van der Waals surface area contributed by atoms with Crippen LogP contribution in [0.25, 0.3) is 0 Å². The molecule has 1 aromatic carbocycles. The van der Waals surface area contributed by atoms with E-state index in [0.29, 0.717) is 12.0 Å². The summed E-state index contributed by atoms with van der Waals surface area (Å²) < 4.78 is 0. The topological polar surface area (TPSA) is 70.1 Å². The third kappa shape index (κ3) is 3.60. The number of rotatable bonds is 3. The van der Waals surface area contributed by atoms with E-state index < -0.39 is 0 Å². The van der Waals surface area contributed by atoms with Crippen LogP contribution in [0.2, 0.25) is 0 Å². The van der Waals surface area contributed by atoms with Crippen LogP contribution >= 0.6 is 0 Å². The third-order valence-corrected chi connectivity index (χ3v) is 3.26. The molecule has 0 aliphatic rings. The summed E-state index contributed by atoms with van der Waals surface area (Å²) in [5.41, 5.74) is 7.63. The van der Waals surface area contributed by atoms with Gasteiger partial charge in [0.2, 0.25) is 0 Å². The van der Waals surface area contributed by atoms with Gasteiger partial charge in [-0.05, 0) is 31.5 Å². The van der Waals surface area contributed by atoms with Gasteiger partial charge in [-0.1, -0.05) is 17.9 Å². The zero-order valence-electron chi connectivity index (χ0n) is 12.1. The molecule has 1 amide bonds. The highest BCUT2D eigenvalue weighted by Gasteiger charge is 2.19. The van der Waals surface area contributed by atoms with Crippen molar-refractivity contribution >= 4 is 5.91 Å². The van der Waals surface area contributed by atoms with Crippen molar-refractivity contribution < 1.29 is 4.79 Å². The summed E-state index contributed by atoms with van der Waals surface area (Å²) in [6.45, 7) is 4.02. The van der Waals surface area contributed by atoms with Gasteiger partial charge in [-0.2, -0.15) is 5.26 Å². The molecule has 20 heavy (non-hydrogen) atoms. The Bertz CT molecular complexity index is 590. The summed E-state index contributed by atoms with van der Waals surface area (Å²) >= 11 is 0. The van der Waals surface area contributed by atoms with Crippen molar-refractivity contribution in [2.24, 2.45) is 5.73 Å². The van der Waals surface area contributed by atoms with Crippen LogP contribution in [0.4, 0.5) is 0 Å². The lowest BCUT2D eigenvalue weighted by Gasteiger charge is -2.24. The molecule has 4 heteroatoms. The van der Waals surface area contributed by atoms with Crippen molar-refractivity contribution in [3.05, 3.63) is 34.9 Å². The summed E-state index contributed by atoms with van der Waals surface area (Å²) in [6, 6.07) is 7.42. The van der Waals surface area contributed by atoms with Crippen LogP contribution in [0.5, 0.6) is 0 Å².